The van der Waals surface area contributed by atoms with E-state index in [9.17, 15) is 9.59 Å². The van der Waals surface area contributed by atoms with Gasteiger partial charge in [0, 0.05) is 52.3 Å². The van der Waals surface area contributed by atoms with Crippen molar-refractivity contribution in [1.82, 2.24) is 4.98 Å². The summed E-state index contributed by atoms with van der Waals surface area (Å²) in [5, 5.41) is 2.45. The van der Waals surface area contributed by atoms with Gasteiger partial charge in [-0.15, -0.1) is 0 Å². The molecule has 0 aliphatic carbocycles. The lowest BCUT2D eigenvalue weighted by Gasteiger charge is -2.32. The second-order valence-electron chi connectivity index (χ2n) is 8.21. The zero-order valence-corrected chi connectivity index (χ0v) is 17.7. The van der Waals surface area contributed by atoms with Crippen molar-refractivity contribution < 1.29 is 14.3 Å². The molecule has 0 N–H and O–H groups in total. The average molecular weight is 423 g/mol. The Kier molecular flexibility index (Phi) is 4.23. The Balaban J connectivity index is 1.55. The zero-order valence-electron chi connectivity index (χ0n) is 17.7. The molecule has 6 nitrogen and oxygen atoms in total. The van der Waals surface area contributed by atoms with Gasteiger partial charge in [-0.2, -0.15) is 0 Å². The van der Waals surface area contributed by atoms with Crippen molar-refractivity contribution in [2.45, 2.75) is 6.92 Å². The maximum absolute atomic E-state index is 13.7. The van der Waals surface area contributed by atoms with Crippen molar-refractivity contribution >= 4 is 44.9 Å². The maximum atomic E-state index is 13.7. The van der Waals surface area contributed by atoms with Crippen LogP contribution in [0.15, 0.2) is 60.8 Å². The molecule has 0 atom stereocenters. The van der Waals surface area contributed by atoms with Gasteiger partial charge in [0.25, 0.3) is 11.8 Å². The highest BCUT2D eigenvalue weighted by Gasteiger charge is 2.35. The number of imide groups is 1. The lowest BCUT2D eigenvalue weighted by Crippen LogP contribution is -2.41. The van der Waals surface area contributed by atoms with Gasteiger partial charge in [-0.3, -0.25) is 14.6 Å². The number of fused-ring (bicyclic) bond motifs is 1. The van der Waals surface area contributed by atoms with Crippen LogP contribution in [0.4, 0.5) is 11.4 Å². The van der Waals surface area contributed by atoms with E-state index in [2.05, 4.69) is 9.88 Å². The van der Waals surface area contributed by atoms with Crippen LogP contribution < -0.4 is 9.80 Å². The highest BCUT2D eigenvalue weighted by Crippen LogP contribution is 2.39. The smallest absolute Gasteiger partial charge is 0.266 e. The number of hydrogen-bond acceptors (Lipinski definition) is 5. The number of anilines is 2. The number of nitrogens with zero attached hydrogens (tertiary/aromatic N) is 3. The summed E-state index contributed by atoms with van der Waals surface area (Å²) in [4.78, 5) is 35.4. The van der Waals surface area contributed by atoms with E-state index in [1.54, 1.807) is 6.20 Å². The third-order valence-electron chi connectivity index (χ3n) is 6.43. The van der Waals surface area contributed by atoms with Crippen molar-refractivity contribution in [2.75, 3.05) is 36.1 Å². The highest BCUT2D eigenvalue weighted by atomic mass is 16.5. The molecular weight excluding hydrogens is 402 g/mol. The van der Waals surface area contributed by atoms with Crippen LogP contribution in [0.3, 0.4) is 0 Å². The summed E-state index contributed by atoms with van der Waals surface area (Å²) < 4.78 is 5.49. The number of carbonyl (C=O) groups is 2. The van der Waals surface area contributed by atoms with Crippen LogP contribution in [0.25, 0.3) is 21.7 Å². The predicted molar refractivity (Wildman–Crippen MR) is 125 cm³/mol. The predicted octanol–water partition coefficient (Wildman–Crippen LogP) is 4.33. The summed E-state index contributed by atoms with van der Waals surface area (Å²) in [6, 6.07) is 17.0. The Hall–Kier alpha value is -3.77. The summed E-state index contributed by atoms with van der Waals surface area (Å²) in [5.41, 5.74) is 4.48. The largest absolute Gasteiger partial charge is 0.378 e. The number of morpholine rings is 1. The average Bonchev–Trinajstić information content (AvgIpc) is 2.84. The maximum Gasteiger partial charge on any atom is 0.266 e. The van der Waals surface area contributed by atoms with E-state index in [-0.39, 0.29) is 11.8 Å². The Morgan fingerprint density at radius 1 is 0.812 bits per heavy atom. The van der Waals surface area contributed by atoms with Gasteiger partial charge in [0.15, 0.2) is 0 Å². The number of amides is 2. The highest BCUT2D eigenvalue weighted by molar-refractivity contribution is 6.37. The molecule has 0 unspecified atom stereocenters. The molecule has 0 radical (unpaired) electrons. The number of carbonyl (C=O) groups excluding carboxylic acids is 2. The molecule has 1 saturated heterocycles. The van der Waals surface area contributed by atoms with Crippen LogP contribution in [0, 0.1) is 6.92 Å². The fourth-order valence-corrected chi connectivity index (χ4v) is 4.87. The SMILES string of the molecule is Cc1ccc(N2C(=O)c3cccc4c(N5CCOCC5)ccc(c34)C2=O)c2cccnc12. The van der Waals surface area contributed by atoms with Gasteiger partial charge in [0.1, 0.15) is 0 Å². The lowest BCUT2D eigenvalue weighted by molar-refractivity contribution is 0.0894. The molecule has 158 valence electrons. The normalized spacial score (nSPS) is 16.3. The molecule has 3 heterocycles. The van der Waals surface area contributed by atoms with Crippen LogP contribution in [-0.2, 0) is 4.74 Å². The standard InChI is InChI=1S/C26H21N3O3/c1-16-7-9-22(18-6-3-11-27-24(16)18)29-25(30)19-5-2-4-17-21(28-12-14-32-15-13-28)10-8-20(23(17)19)26(29)31/h2-11H,12-15H2,1H3. The number of hydrogen-bond donors (Lipinski definition) is 0. The van der Waals surface area contributed by atoms with Crippen molar-refractivity contribution in [1.29, 1.82) is 0 Å². The second-order valence-corrected chi connectivity index (χ2v) is 8.21. The van der Waals surface area contributed by atoms with Crippen molar-refractivity contribution in [3.8, 4) is 0 Å². The first-order valence-electron chi connectivity index (χ1n) is 10.8. The molecule has 6 heteroatoms. The van der Waals surface area contributed by atoms with E-state index in [0.29, 0.717) is 30.0 Å². The third-order valence-corrected chi connectivity index (χ3v) is 6.43. The van der Waals surface area contributed by atoms with Crippen LogP contribution in [-0.4, -0.2) is 43.1 Å². The van der Waals surface area contributed by atoms with Gasteiger partial charge < -0.3 is 9.64 Å². The summed E-state index contributed by atoms with van der Waals surface area (Å²) in [6.45, 7) is 4.89. The van der Waals surface area contributed by atoms with E-state index >= 15 is 0 Å². The second kappa shape index (κ2) is 7.14. The topological polar surface area (TPSA) is 62.7 Å². The molecule has 4 aromatic rings. The monoisotopic (exact) mass is 423 g/mol. The summed E-state index contributed by atoms with van der Waals surface area (Å²) in [5.74, 6) is -0.609. The third kappa shape index (κ3) is 2.66. The van der Waals surface area contributed by atoms with E-state index in [0.717, 1.165) is 46.0 Å². The molecule has 32 heavy (non-hydrogen) atoms. The summed E-state index contributed by atoms with van der Waals surface area (Å²) in [7, 11) is 0. The lowest BCUT2D eigenvalue weighted by atomic mass is 9.92. The Morgan fingerprint density at radius 2 is 1.53 bits per heavy atom. The van der Waals surface area contributed by atoms with Gasteiger partial charge in [0.2, 0.25) is 0 Å². The molecule has 1 aromatic heterocycles. The van der Waals surface area contributed by atoms with Crippen molar-refractivity contribution in [2.24, 2.45) is 0 Å². The number of rotatable bonds is 2. The molecule has 0 spiro atoms. The molecule has 0 bridgehead atoms. The molecule has 6 rings (SSSR count). The van der Waals surface area contributed by atoms with Gasteiger partial charge in [-0.05, 0) is 48.9 Å². The number of aromatic nitrogens is 1. The first-order chi connectivity index (χ1) is 15.6. The summed E-state index contributed by atoms with van der Waals surface area (Å²) in [6.07, 6.45) is 1.72. The Labute approximate surface area is 185 Å². The molecule has 0 saturated carbocycles. The van der Waals surface area contributed by atoms with Gasteiger partial charge >= 0.3 is 0 Å². The number of ether oxygens (including phenoxy) is 1. The number of aryl methyl sites for hydroxylation is 1. The minimum atomic E-state index is -0.304. The van der Waals surface area contributed by atoms with E-state index in [1.165, 1.54) is 4.90 Å². The number of pyridine rings is 1. The Bertz CT molecular complexity index is 1400. The first-order valence-corrected chi connectivity index (χ1v) is 10.8. The fraction of sp³-hybridized carbons (Fsp3) is 0.192. The molecule has 2 aliphatic heterocycles. The van der Waals surface area contributed by atoms with Gasteiger partial charge in [0.05, 0.1) is 24.4 Å². The molecule has 2 amide bonds. The van der Waals surface area contributed by atoms with Gasteiger partial charge in [-0.25, -0.2) is 4.90 Å². The van der Waals surface area contributed by atoms with E-state index < -0.39 is 0 Å². The zero-order chi connectivity index (χ0) is 21.8. The first kappa shape index (κ1) is 19.0. The number of benzene rings is 3. The van der Waals surface area contributed by atoms with Crippen LogP contribution in [0.2, 0.25) is 0 Å². The van der Waals surface area contributed by atoms with Crippen LogP contribution in [0.5, 0.6) is 0 Å². The minimum Gasteiger partial charge on any atom is -0.378 e. The Morgan fingerprint density at radius 3 is 2.34 bits per heavy atom. The van der Waals surface area contributed by atoms with Gasteiger partial charge in [-0.1, -0.05) is 18.2 Å². The van der Waals surface area contributed by atoms with Crippen molar-refractivity contribution in [3.63, 3.8) is 0 Å². The quantitative estimate of drug-likeness (QED) is 0.449. The molecule has 2 aliphatic rings. The molecular formula is C26H21N3O3. The van der Waals surface area contributed by atoms with Crippen molar-refractivity contribution in [3.05, 3.63) is 77.5 Å². The molecule has 3 aromatic carbocycles. The molecule has 1 fully saturated rings. The fourth-order valence-electron chi connectivity index (χ4n) is 4.87. The minimum absolute atomic E-state index is 0.304. The summed E-state index contributed by atoms with van der Waals surface area (Å²) >= 11 is 0. The van der Waals surface area contributed by atoms with Crippen LogP contribution in [0.1, 0.15) is 26.3 Å². The van der Waals surface area contributed by atoms with E-state index in [4.69, 9.17) is 4.74 Å². The van der Waals surface area contributed by atoms with E-state index in [1.807, 2.05) is 61.5 Å². The van der Waals surface area contributed by atoms with Crippen LogP contribution >= 0.6 is 0 Å².